The number of anilines is 1. The summed E-state index contributed by atoms with van der Waals surface area (Å²) in [5, 5.41) is 5.54. The Morgan fingerprint density at radius 2 is 1.62 bits per heavy atom. The summed E-state index contributed by atoms with van der Waals surface area (Å²) in [6, 6.07) is 16.1. The number of hydrogen-bond donors (Lipinski definition) is 4. The van der Waals surface area contributed by atoms with Crippen LogP contribution in [0.25, 0.3) is 0 Å². The zero-order valence-corrected chi connectivity index (χ0v) is 17.5. The van der Waals surface area contributed by atoms with Crippen LogP contribution in [0, 0.1) is 13.8 Å². The van der Waals surface area contributed by atoms with Crippen molar-refractivity contribution in [2.24, 2.45) is 0 Å². The number of piperazine rings is 1. The van der Waals surface area contributed by atoms with Crippen LogP contribution in [0.15, 0.2) is 48.5 Å². The maximum atomic E-state index is 12.4. The molecule has 29 heavy (non-hydrogen) atoms. The van der Waals surface area contributed by atoms with Crippen LogP contribution in [-0.4, -0.2) is 51.6 Å². The van der Waals surface area contributed by atoms with Crippen LogP contribution in [0.2, 0.25) is 0 Å². The Bertz CT molecular complexity index is 842. The monoisotopic (exact) mass is 396 g/mol. The van der Waals surface area contributed by atoms with Gasteiger partial charge in [-0.2, -0.15) is 0 Å². The van der Waals surface area contributed by atoms with E-state index in [1.807, 2.05) is 25.1 Å². The molecule has 6 heteroatoms. The first-order valence-corrected chi connectivity index (χ1v) is 10.3. The lowest BCUT2D eigenvalue weighted by Crippen LogP contribution is -3.27. The van der Waals surface area contributed by atoms with Crippen molar-refractivity contribution >= 4 is 17.5 Å². The van der Waals surface area contributed by atoms with E-state index in [1.54, 1.807) is 6.07 Å². The molecule has 2 amide bonds. The van der Waals surface area contributed by atoms with Crippen molar-refractivity contribution in [1.82, 2.24) is 5.32 Å². The van der Waals surface area contributed by atoms with E-state index in [4.69, 9.17) is 0 Å². The Balaban J connectivity index is 1.64. The number of hydrogen-bond acceptors (Lipinski definition) is 2. The van der Waals surface area contributed by atoms with Crippen molar-refractivity contribution in [1.29, 1.82) is 0 Å². The van der Waals surface area contributed by atoms with Crippen molar-refractivity contribution < 1.29 is 19.4 Å². The SMILES string of the molecule is Cc1ccc([C@@H](CNC(=O)C(=O)Nc2cccc(C)c2)[NH+]2CC[NH+](C)CC2)cc1. The second-order valence-corrected chi connectivity index (χ2v) is 8.11. The fraction of sp³-hybridized carbons (Fsp3) is 0.391. The van der Waals surface area contributed by atoms with Crippen molar-refractivity contribution in [3.63, 3.8) is 0 Å². The number of rotatable bonds is 5. The van der Waals surface area contributed by atoms with Gasteiger partial charge < -0.3 is 20.4 Å². The standard InChI is InChI=1S/C23H30N4O2/c1-17-7-9-19(10-8-17)21(27-13-11-26(3)12-14-27)16-24-22(28)23(29)25-20-6-4-5-18(2)15-20/h4-10,15,21H,11-14,16H2,1-3H3,(H,24,28)(H,25,29)/p+2/t21-/m1/s1. The van der Waals surface area contributed by atoms with E-state index in [0.717, 1.165) is 31.7 Å². The van der Waals surface area contributed by atoms with Crippen LogP contribution in [-0.2, 0) is 9.59 Å². The van der Waals surface area contributed by atoms with E-state index in [1.165, 1.54) is 20.9 Å². The second kappa shape index (κ2) is 9.67. The number of quaternary nitrogens is 2. The lowest BCUT2D eigenvalue weighted by Gasteiger charge is -2.33. The molecule has 4 N–H and O–H groups in total. The number of benzene rings is 2. The summed E-state index contributed by atoms with van der Waals surface area (Å²) in [4.78, 5) is 27.7. The lowest BCUT2D eigenvalue weighted by atomic mass is 10.0. The van der Waals surface area contributed by atoms with E-state index in [2.05, 4.69) is 48.9 Å². The minimum atomic E-state index is -0.629. The topological polar surface area (TPSA) is 67.1 Å². The molecule has 0 spiro atoms. The Hall–Kier alpha value is -2.70. The molecule has 1 atom stereocenters. The zero-order chi connectivity index (χ0) is 20.8. The third-order valence-electron chi connectivity index (χ3n) is 5.67. The first kappa shape index (κ1) is 21.0. The van der Waals surface area contributed by atoms with Gasteiger partial charge in [0, 0.05) is 11.3 Å². The third kappa shape index (κ3) is 5.89. The average Bonchev–Trinajstić information content (AvgIpc) is 2.70. The highest BCUT2D eigenvalue weighted by molar-refractivity contribution is 6.39. The molecule has 0 saturated carbocycles. The van der Waals surface area contributed by atoms with Gasteiger partial charge in [0.25, 0.3) is 0 Å². The number of likely N-dealkylation sites (N-methyl/N-ethyl adjacent to an activating group) is 1. The molecule has 1 fully saturated rings. The van der Waals surface area contributed by atoms with Gasteiger partial charge in [0.2, 0.25) is 0 Å². The average molecular weight is 397 g/mol. The van der Waals surface area contributed by atoms with Gasteiger partial charge >= 0.3 is 11.8 Å². The van der Waals surface area contributed by atoms with Gasteiger partial charge in [0.1, 0.15) is 32.2 Å². The van der Waals surface area contributed by atoms with Gasteiger partial charge in [-0.3, -0.25) is 9.59 Å². The summed E-state index contributed by atoms with van der Waals surface area (Å²) in [7, 11) is 2.22. The van der Waals surface area contributed by atoms with E-state index in [9.17, 15) is 9.59 Å². The second-order valence-electron chi connectivity index (χ2n) is 8.11. The number of aryl methyl sites for hydroxylation is 2. The van der Waals surface area contributed by atoms with Crippen molar-refractivity contribution in [3.8, 4) is 0 Å². The normalized spacial score (nSPS) is 20.0. The van der Waals surface area contributed by atoms with Gasteiger partial charge in [-0.1, -0.05) is 42.0 Å². The number of amides is 2. The van der Waals surface area contributed by atoms with Crippen LogP contribution in [0.1, 0.15) is 22.7 Å². The molecule has 0 unspecified atom stereocenters. The summed E-state index contributed by atoms with van der Waals surface area (Å²) in [6.45, 7) is 8.78. The zero-order valence-electron chi connectivity index (χ0n) is 17.5. The van der Waals surface area contributed by atoms with Crippen molar-refractivity contribution in [3.05, 3.63) is 65.2 Å². The Morgan fingerprint density at radius 1 is 0.931 bits per heavy atom. The summed E-state index contributed by atoms with van der Waals surface area (Å²) in [6.07, 6.45) is 0. The Morgan fingerprint density at radius 3 is 2.28 bits per heavy atom. The quantitative estimate of drug-likeness (QED) is 0.516. The fourth-order valence-electron chi connectivity index (χ4n) is 3.83. The molecule has 2 aromatic carbocycles. The van der Waals surface area contributed by atoms with Crippen LogP contribution < -0.4 is 20.4 Å². The van der Waals surface area contributed by atoms with Gasteiger partial charge in [-0.25, -0.2) is 0 Å². The van der Waals surface area contributed by atoms with E-state index in [-0.39, 0.29) is 6.04 Å². The van der Waals surface area contributed by atoms with Crippen LogP contribution in [0.5, 0.6) is 0 Å². The molecular weight excluding hydrogens is 364 g/mol. The molecule has 0 aromatic heterocycles. The fourth-order valence-corrected chi connectivity index (χ4v) is 3.83. The highest BCUT2D eigenvalue weighted by Crippen LogP contribution is 2.11. The smallest absolute Gasteiger partial charge is 0.313 e. The molecule has 0 radical (unpaired) electrons. The van der Waals surface area contributed by atoms with Crippen LogP contribution in [0.3, 0.4) is 0 Å². The van der Waals surface area contributed by atoms with Gasteiger partial charge in [0.05, 0.1) is 13.6 Å². The molecule has 2 aromatic rings. The summed E-state index contributed by atoms with van der Waals surface area (Å²) >= 11 is 0. The first-order valence-electron chi connectivity index (χ1n) is 10.3. The Kier molecular flexibility index (Phi) is 7.01. The molecule has 0 aliphatic carbocycles. The largest absolute Gasteiger partial charge is 0.341 e. The predicted octanol–water partition coefficient (Wildman–Crippen LogP) is -0.487. The predicted molar refractivity (Wildman–Crippen MR) is 114 cm³/mol. The molecule has 6 nitrogen and oxygen atoms in total. The third-order valence-corrected chi connectivity index (χ3v) is 5.67. The van der Waals surface area contributed by atoms with Gasteiger partial charge in [0.15, 0.2) is 0 Å². The van der Waals surface area contributed by atoms with Crippen LogP contribution >= 0.6 is 0 Å². The number of carbonyl (C=O) groups excluding carboxylic acids is 2. The molecule has 1 saturated heterocycles. The number of nitrogens with one attached hydrogen (secondary N) is 4. The maximum Gasteiger partial charge on any atom is 0.313 e. The Labute approximate surface area is 172 Å². The van der Waals surface area contributed by atoms with Crippen molar-refractivity contribution in [2.45, 2.75) is 19.9 Å². The van der Waals surface area contributed by atoms with E-state index >= 15 is 0 Å². The molecule has 154 valence electrons. The molecule has 1 heterocycles. The maximum absolute atomic E-state index is 12.4. The highest BCUT2D eigenvalue weighted by atomic mass is 16.2. The lowest BCUT2D eigenvalue weighted by molar-refractivity contribution is -1.02. The summed E-state index contributed by atoms with van der Waals surface area (Å²) in [5.41, 5.74) is 4.08. The highest BCUT2D eigenvalue weighted by Gasteiger charge is 2.30. The summed E-state index contributed by atoms with van der Waals surface area (Å²) < 4.78 is 0. The van der Waals surface area contributed by atoms with Gasteiger partial charge in [-0.05, 0) is 31.5 Å². The van der Waals surface area contributed by atoms with E-state index in [0.29, 0.717) is 12.2 Å². The molecule has 1 aliphatic rings. The number of carbonyl (C=O) groups is 2. The minimum absolute atomic E-state index is 0.138. The summed E-state index contributed by atoms with van der Waals surface area (Å²) in [5.74, 6) is -1.22. The van der Waals surface area contributed by atoms with Crippen LogP contribution in [0.4, 0.5) is 5.69 Å². The molecule has 1 aliphatic heterocycles. The van der Waals surface area contributed by atoms with E-state index < -0.39 is 11.8 Å². The molecular formula is C23H32N4O2+2. The first-order chi connectivity index (χ1) is 13.9. The minimum Gasteiger partial charge on any atom is -0.341 e. The van der Waals surface area contributed by atoms with Gasteiger partial charge in [-0.15, -0.1) is 0 Å². The molecule has 3 rings (SSSR count). The molecule has 0 bridgehead atoms. The van der Waals surface area contributed by atoms with Crippen molar-refractivity contribution in [2.75, 3.05) is 45.1 Å².